The molecule has 0 aliphatic rings. The molecule has 7 heteroatoms. The zero-order valence-electron chi connectivity index (χ0n) is 10.7. The first kappa shape index (κ1) is 15.7. The van der Waals surface area contributed by atoms with E-state index in [4.69, 9.17) is 14.2 Å². The summed E-state index contributed by atoms with van der Waals surface area (Å²) in [5.41, 5.74) is 0.0612. The van der Waals surface area contributed by atoms with Crippen LogP contribution in [0.25, 0.3) is 0 Å². The van der Waals surface area contributed by atoms with Gasteiger partial charge >= 0.3 is 5.97 Å². The van der Waals surface area contributed by atoms with E-state index in [0.29, 0.717) is 0 Å². The largest absolute Gasteiger partial charge is 0.492 e. The number of carbonyl (C=O) groups is 1. The van der Waals surface area contributed by atoms with Crippen LogP contribution in [0.2, 0.25) is 0 Å². The van der Waals surface area contributed by atoms with Gasteiger partial charge in [0.05, 0.1) is 25.3 Å². The Morgan fingerprint density at radius 1 is 1.42 bits per heavy atom. The maximum absolute atomic E-state index is 13.8. The van der Waals surface area contributed by atoms with Gasteiger partial charge in [-0.05, 0) is 28.9 Å². The van der Waals surface area contributed by atoms with Crippen molar-refractivity contribution in [2.45, 2.75) is 13.0 Å². The number of esters is 1. The van der Waals surface area contributed by atoms with Crippen LogP contribution in [0.5, 0.6) is 11.5 Å². The minimum absolute atomic E-state index is 0.0449. The normalized spacial score (nSPS) is 11.9. The summed E-state index contributed by atoms with van der Waals surface area (Å²) in [6, 6.07) is 1.25. The number of ether oxygens (including phenoxy) is 3. The summed E-state index contributed by atoms with van der Waals surface area (Å²) in [4.78, 5) is 11.5. The third kappa shape index (κ3) is 3.16. The summed E-state index contributed by atoms with van der Waals surface area (Å²) in [7, 11) is 2.54. The molecule has 19 heavy (non-hydrogen) atoms. The summed E-state index contributed by atoms with van der Waals surface area (Å²) in [6.45, 7) is 1.74. The molecule has 0 saturated carbocycles. The maximum Gasteiger partial charge on any atom is 0.339 e. The number of halogens is 2. The molecule has 0 amide bonds. The highest BCUT2D eigenvalue weighted by Gasteiger charge is 2.28. The Labute approximate surface area is 118 Å². The molecule has 0 spiro atoms. The van der Waals surface area contributed by atoms with Gasteiger partial charge in [-0.25, -0.2) is 9.18 Å². The molecular weight excluding hydrogens is 323 g/mol. The fourth-order valence-electron chi connectivity index (χ4n) is 1.55. The van der Waals surface area contributed by atoms with E-state index in [2.05, 4.69) is 15.9 Å². The lowest BCUT2D eigenvalue weighted by atomic mass is 10.1. The molecule has 1 rings (SSSR count). The predicted octanol–water partition coefficient (Wildman–Crippen LogP) is 2.20. The summed E-state index contributed by atoms with van der Waals surface area (Å²) in [5, 5.41) is 9.91. The van der Waals surface area contributed by atoms with Gasteiger partial charge in [0, 0.05) is 5.56 Å². The van der Waals surface area contributed by atoms with Gasteiger partial charge in [-0.15, -0.1) is 0 Å². The number of rotatable bonds is 5. The number of benzene rings is 1. The van der Waals surface area contributed by atoms with E-state index >= 15 is 0 Å². The molecule has 0 aromatic heterocycles. The van der Waals surface area contributed by atoms with E-state index in [1.165, 1.54) is 20.3 Å². The molecule has 1 aromatic rings. The van der Waals surface area contributed by atoms with E-state index in [1.807, 2.05) is 0 Å². The maximum atomic E-state index is 13.8. The van der Waals surface area contributed by atoms with Crippen molar-refractivity contribution in [2.24, 2.45) is 0 Å². The first-order valence-electron chi connectivity index (χ1n) is 5.42. The number of carbonyl (C=O) groups excluding carboxylic acids is 1. The van der Waals surface area contributed by atoms with Crippen molar-refractivity contribution in [1.29, 1.82) is 0 Å². The number of hydrogen-bond donors (Lipinski definition) is 1. The topological polar surface area (TPSA) is 65.0 Å². The van der Waals surface area contributed by atoms with Crippen LogP contribution >= 0.6 is 15.9 Å². The van der Waals surface area contributed by atoms with E-state index in [1.54, 1.807) is 6.92 Å². The van der Waals surface area contributed by atoms with Crippen molar-refractivity contribution >= 4 is 21.9 Å². The Bertz CT molecular complexity index is 478. The van der Waals surface area contributed by atoms with Crippen molar-refractivity contribution in [1.82, 2.24) is 0 Å². The number of methoxy groups -OCH3 is 2. The van der Waals surface area contributed by atoms with Crippen LogP contribution in [0.15, 0.2) is 10.5 Å². The Kier molecular flexibility index (Phi) is 5.56. The Morgan fingerprint density at radius 2 is 2.00 bits per heavy atom. The minimum Gasteiger partial charge on any atom is -0.492 e. The van der Waals surface area contributed by atoms with E-state index < -0.39 is 17.9 Å². The zero-order chi connectivity index (χ0) is 14.6. The zero-order valence-corrected chi connectivity index (χ0v) is 12.3. The first-order chi connectivity index (χ1) is 8.97. The molecular formula is C12H14BrFO5. The molecule has 1 aromatic carbocycles. The molecule has 0 aliphatic heterocycles. The van der Waals surface area contributed by atoms with Crippen LogP contribution in [0.3, 0.4) is 0 Å². The van der Waals surface area contributed by atoms with Crippen LogP contribution in [-0.2, 0) is 9.53 Å². The lowest BCUT2D eigenvalue weighted by Gasteiger charge is -2.17. The molecule has 0 aliphatic carbocycles. The average Bonchev–Trinajstić information content (AvgIpc) is 2.40. The Hall–Kier alpha value is -1.34. The van der Waals surface area contributed by atoms with Crippen molar-refractivity contribution < 1.29 is 28.5 Å². The third-order valence-electron chi connectivity index (χ3n) is 2.37. The van der Waals surface area contributed by atoms with Gasteiger partial charge in [0.2, 0.25) is 0 Å². The second-order valence-corrected chi connectivity index (χ2v) is 4.34. The van der Waals surface area contributed by atoms with Crippen molar-refractivity contribution in [3.63, 3.8) is 0 Å². The monoisotopic (exact) mass is 336 g/mol. The second kappa shape index (κ2) is 6.72. The molecule has 0 fully saturated rings. The van der Waals surface area contributed by atoms with Gasteiger partial charge < -0.3 is 19.3 Å². The average molecular weight is 337 g/mol. The highest BCUT2D eigenvalue weighted by molar-refractivity contribution is 9.10. The summed E-state index contributed by atoms with van der Waals surface area (Å²) in [6.07, 6.45) is -1.58. The Morgan fingerprint density at radius 3 is 2.47 bits per heavy atom. The van der Waals surface area contributed by atoms with Gasteiger partial charge in [0.25, 0.3) is 0 Å². The van der Waals surface area contributed by atoms with E-state index in [-0.39, 0.29) is 28.1 Å². The van der Waals surface area contributed by atoms with Gasteiger partial charge in [0.1, 0.15) is 0 Å². The van der Waals surface area contributed by atoms with Gasteiger partial charge in [0.15, 0.2) is 23.4 Å². The predicted molar refractivity (Wildman–Crippen MR) is 68.8 cm³/mol. The molecule has 106 valence electrons. The standard InChI is InChI=1S/C12H14BrFO5/c1-4-19-12(16)9(15)6-5-7(13)8(14)11(18-3)10(6)17-2/h5,9,15H,4H2,1-3H3. The molecule has 0 saturated heterocycles. The number of hydrogen-bond acceptors (Lipinski definition) is 5. The summed E-state index contributed by atoms with van der Waals surface area (Å²) in [5.74, 6) is -1.78. The van der Waals surface area contributed by atoms with Crippen LogP contribution < -0.4 is 9.47 Å². The lowest BCUT2D eigenvalue weighted by Crippen LogP contribution is -2.17. The molecule has 1 N–H and O–H groups in total. The second-order valence-electron chi connectivity index (χ2n) is 3.48. The van der Waals surface area contributed by atoms with Crippen molar-refractivity contribution in [2.75, 3.05) is 20.8 Å². The SMILES string of the molecule is CCOC(=O)C(O)c1cc(Br)c(F)c(OC)c1OC. The quantitative estimate of drug-likeness (QED) is 0.835. The number of aliphatic hydroxyl groups is 1. The fraction of sp³-hybridized carbons (Fsp3) is 0.417. The highest BCUT2D eigenvalue weighted by Crippen LogP contribution is 2.41. The van der Waals surface area contributed by atoms with E-state index in [0.717, 1.165) is 0 Å². The number of aliphatic hydroxyl groups excluding tert-OH is 1. The summed E-state index contributed by atoms with van der Waals surface area (Å²) < 4.78 is 28.4. The third-order valence-corrected chi connectivity index (χ3v) is 2.95. The van der Waals surface area contributed by atoms with Gasteiger partial charge in [-0.1, -0.05) is 0 Å². The minimum atomic E-state index is -1.58. The van der Waals surface area contributed by atoms with Crippen LogP contribution in [0.1, 0.15) is 18.6 Å². The summed E-state index contributed by atoms with van der Waals surface area (Å²) >= 11 is 2.98. The molecule has 0 bridgehead atoms. The van der Waals surface area contributed by atoms with Gasteiger partial charge in [-0.2, -0.15) is 0 Å². The van der Waals surface area contributed by atoms with Crippen LogP contribution in [0.4, 0.5) is 4.39 Å². The molecule has 5 nitrogen and oxygen atoms in total. The van der Waals surface area contributed by atoms with Crippen molar-refractivity contribution in [3.8, 4) is 11.5 Å². The lowest BCUT2D eigenvalue weighted by molar-refractivity contribution is -0.153. The molecule has 1 unspecified atom stereocenters. The van der Waals surface area contributed by atoms with Crippen LogP contribution in [-0.4, -0.2) is 31.9 Å². The highest BCUT2D eigenvalue weighted by atomic mass is 79.9. The molecule has 1 atom stereocenters. The van der Waals surface area contributed by atoms with E-state index in [9.17, 15) is 14.3 Å². The first-order valence-corrected chi connectivity index (χ1v) is 6.21. The van der Waals surface area contributed by atoms with Gasteiger partial charge in [-0.3, -0.25) is 0 Å². The van der Waals surface area contributed by atoms with Crippen LogP contribution in [0, 0.1) is 5.82 Å². The molecule has 0 radical (unpaired) electrons. The fourth-order valence-corrected chi connectivity index (χ4v) is 1.98. The Balaban J connectivity index is 3.34. The molecule has 0 heterocycles. The van der Waals surface area contributed by atoms with Crippen molar-refractivity contribution in [3.05, 3.63) is 21.9 Å². The smallest absolute Gasteiger partial charge is 0.339 e.